The van der Waals surface area contributed by atoms with Crippen LogP contribution in [0.1, 0.15) is 19.8 Å². The molecule has 1 aliphatic rings. The molecule has 1 aliphatic heterocycles. The van der Waals surface area contributed by atoms with Gasteiger partial charge in [-0.25, -0.2) is 8.42 Å². The monoisotopic (exact) mass is 278 g/mol. The Morgan fingerprint density at radius 2 is 1.94 bits per heavy atom. The molecule has 1 N–H and O–H groups in total. The molecule has 8 heteroatoms. The zero-order valence-electron chi connectivity index (χ0n) is 10.7. The number of hydrogen-bond acceptors (Lipinski definition) is 4. The van der Waals surface area contributed by atoms with Gasteiger partial charge in [-0.3, -0.25) is 9.59 Å². The molecular formula is C10H18N2O5S. The molecule has 0 aromatic carbocycles. The fourth-order valence-corrected chi connectivity index (χ4v) is 3.51. The smallest absolute Gasteiger partial charge is 0.323 e. The molecule has 1 rings (SSSR count). The Morgan fingerprint density at radius 1 is 1.39 bits per heavy atom. The van der Waals surface area contributed by atoms with Crippen molar-refractivity contribution in [1.82, 2.24) is 9.21 Å². The second-order valence-corrected chi connectivity index (χ2v) is 6.73. The molecule has 0 saturated carbocycles. The van der Waals surface area contributed by atoms with E-state index in [0.717, 1.165) is 11.2 Å². The van der Waals surface area contributed by atoms with Crippen LogP contribution in [0.15, 0.2) is 0 Å². The summed E-state index contributed by atoms with van der Waals surface area (Å²) in [5.41, 5.74) is 0. The Bertz CT molecular complexity index is 445. The molecule has 7 nitrogen and oxygen atoms in total. The van der Waals surface area contributed by atoms with E-state index in [1.807, 2.05) is 0 Å². The summed E-state index contributed by atoms with van der Waals surface area (Å²) in [4.78, 5) is 24.0. The van der Waals surface area contributed by atoms with Crippen molar-refractivity contribution in [2.75, 3.05) is 20.6 Å². The van der Waals surface area contributed by atoms with Gasteiger partial charge in [-0.05, 0) is 19.8 Å². The zero-order valence-corrected chi connectivity index (χ0v) is 11.5. The summed E-state index contributed by atoms with van der Waals surface area (Å²) in [5, 5.41) is 7.28. The Balaban J connectivity index is 3.01. The molecule has 18 heavy (non-hydrogen) atoms. The van der Waals surface area contributed by atoms with E-state index in [1.54, 1.807) is 14.1 Å². The lowest BCUT2D eigenvalue weighted by atomic mass is 10.2. The molecule has 1 heterocycles. The van der Waals surface area contributed by atoms with Crippen LogP contribution in [-0.2, 0) is 19.6 Å². The van der Waals surface area contributed by atoms with Gasteiger partial charge >= 0.3 is 5.97 Å². The summed E-state index contributed by atoms with van der Waals surface area (Å²) >= 11 is 0. The number of hydrogen-bond donors (Lipinski definition) is 1. The van der Waals surface area contributed by atoms with Crippen LogP contribution in [0.2, 0.25) is 0 Å². The molecule has 0 aromatic heterocycles. The summed E-state index contributed by atoms with van der Waals surface area (Å²) in [5.74, 6) is -1.72. The average molecular weight is 278 g/mol. The lowest BCUT2D eigenvalue weighted by molar-refractivity contribution is -0.136. The number of amides is 1. The number of carbonyl (C=O) groups is 2. The number of carboxylic acids is 1. The van der Waals surface area contributed by atoms with Gasteiger partial charge in [0.05, 0.1) is 0 Å². The number of carboxylic acid groups (broad SMARTS) is 1. The number of aliphatic carboxylic acids is 1. The first-order valence-electron chi connectivity index (χ1n) is 5.64. The maximum Gasteiger partial charge on any atom is 0.323 e. The van der Waals surface area contributed by atoms with Gasteiger partial charge in [-0.1, -0.05) is 0 Å². The van der Waals surface area contributed by atoms with Crippen LogP contribution in [0.5, 0.6) is 0 Å². The second-order valence-electron chi connectivity index (χ2n) is 4.53. The number of carbonyl (C=O) groups excluding carboxylic acids is 1. The van der Waals surface area contributed by atoms with Crippen molar-refractivity contribution in [3.8, 4) is 0 Å². The van der Waals surface area contributed by atoms with Crippen molar-refractivity contribution in [2.45, 2.75) is 31.1 Å². The predicted octanol–water partition coefficient (Wildman–Crippen LogP) is -0.658. The van der Waals surface area contributed by atoms with Crippen LogP contribution in [0.25, 0.3) is 0 Å². The van der Waals surface area contributed by atoms with Gasteiger partial charge in [0, 0.05) is 20.6 Å². The Labute approximate surface area is 106 Å². The summed E-state index contributed by atoms with van der Waals surface area (Å²) < 4.78 is 25.2. The van der Waals surface area contributed by atoms with Gasteiger partial charge in [-0.15, -0.1) is 0 Å². The summed E-state index contributed by atoms with van der Waals surface area (Å²) in [6.07, 6.45) is 0.998. The molecule has 0 aliphatic carbocycles. The highest BCUT2D eigenvalue weighted by atomic mass is 32.2. The summed E-state index contributed by atoms with van der Waals surface area (Å²) in [6.45, 7) is 1.32. The third-order valence-electron chi connectivity index (χ3n) is 3.05. The van der Waals surface area contributed by atoms with E-state index in [4.69, 9.17) is 5.11 Å². The van der Waals surface area contributed by atoms with Crippen LogP contribution < -0.4 is 0 Å². The van der Waals surface area contributed by atoms with E-state index in [-0.39, 0.29) is 12.5 Å². The maximum absolute atomic E-state index is 12.1. The summed E-state index contributed by atoms with van der Waals surface area (Å²) in [6, 6.07) is -0.771. The molecular weight excluding hydrogens is 260 g/mol. The quantitative estimate of drug-likeness (QED) is 0.736. The lowest BCUT2D eigenvalue weighted by Gasteiger charge is -2.26. The first-order valence-corrected chi connectivity index (χ1v) is 7.14. The van der Waals surface area contributed by atoms with Crippen LogP contribution in [0.3, 0.4) is 0 Å². The predicted molar refractivity (Wildman–Crippen MR) is 64.4 cm³/mol. The van der Waals surface area contributed by atoms with Crippen LogP contribution in [0.4, 0.5) is 0 Å². The standard InChI is InChI=1S/C10H18N2O5S/c1-7(10(14)15)18(16,17)12-6-4-5-8(12)9(13)11(2)3/h7-8H,4-6H2,1-3H3,(H,14,15). The number of rotatable bonds is 4. The molecule has 1 fully saturated rings. The molecule has 0 aromatic rings. The minimum Gasteiger partial charge on any atom is -0.480 e. The Morgan fingerprint density at radius 3 is 2.39 bits per heavy atom. The maximum atomic E-state index is 12.1. The van der Waals surface area contributed by atoms with E-state index < -0.39 is 27.3 Å². The number of nitrogens with zero attached hydrogens (tertiary/aromatic N) is 2. The fraction of sp³-hybridized carbons (Fsp3) is 0.800. The van der Waals surface area contributed by atoms with E-state index in [1.165, 1.54) is 4.90 Å². The highest BCUT2D eigenvalue weighted by Crippen LogP contribution is 2.24. The normalized spacial score (nSPS) is 22.7. The van der Waals surface area contributed by atoms with Gasteiger partial charge in [0.15, 0.2) is 5.25 Å². The van der Waals surface area contributed by atoms with Gasteiger partial charge in [0.2, 0.25) is 15.9 Å². The molecule has 0 spiro atoms. The lowest BCUT2D eigenvalue weighted by Crippen LogP contribution is -2.49. The van der Waals surface area contributed by atoms with Crippen molar-refractivity contribution in [3.63, 3.8) is 0 Å². The van der Waals surface area contributed by atoms with Crippen molar-refractivity contribution < 1.29 is 23.1 Å². The van der Waals surface area contributed by atoms with Gasteiger partial charge < -0.3 is 10.0 Å². The van der Waals surface area contributed by atoms with E-state index in [2.05, 4.69) is 0 Å². The van der Waals surface area contributed by atoms with E-state index in [9.17, 15) is 18.0 Å². The molecule has 0 bridgehead atoms. The van der Waals surface area contributed by atoms with Gasteiger partial charge in [-0.2, -0.15) is 4.31 Å². The third-order valence-corrected chi connectivity index (χ3v) is 5.24. The molecule has 104 valence electrons. The van der Waals surface area contributed by atoms with Gasteiger partial charge in [0.25, 0.3) is 0 Å². The molecule has 1 amide bonds. The average Bonchev–Trinajstić information content (AvgIpc) is 2.75. The van der Waals surface area contributed by atoms with Crippen molar-refractivity contribution in [1.29, 1.82) is 0 Å². The summed E-state index contributed by atoms with van der Waals surface area (Å²) in [7, 11) is -0.884. The minimum absolute atomic E-state index is 0.199. The van der Waals surface area contributed by atoms with E-state index >= 15 is 0 Å². The number of likely N-dealkylation sites (N-methyl/N-ethyl adjacent to an activating group) is 1. The van der Waals surface area contributed by atoms with Crippen LogP contribution in [-0.4, -0.2) is 66.5 Å². The Kier molecular flexibility index (Phi) is 4.33. The largest absolute Gasteiger partial charge is 0.480 e. The molecule has 1 saturated heterocycles. The van der Waals surface area contributed by atoms with Crippen molar-refractivity contribution in [3.05, 3.63) is 0 Å². The molecule has 2 unspecified atom stereocenters. The molecule has 0 radical (unpaired) electrons. The third kappa shape index (κ3) is 2.64. The Hall–Kier alpha value is -1.15. The highest BCUT2D eigenvalue weighted by Gasteiger charge is 2.43. The first kappa shape index (κ1) is 14.9. The topological polar surface area (TPSA) is 95.0 Å². The molecule has 2 atom stereocenters. The highest BCUT2D eigenvalue weighted by molar-refractivity contribution is 7.90. The van der Waals surface area contributed by atoms with Crippen molar-refractivity contribution in [2.24, 2.45) is 0 Å². The minimum atomic E-state index is -3.98. The van der Waals surface area contributed by atoms with Gasteiger partial charge in [0.1, 0.15) is 6.04 Å². The number of sulfonamides is 1. The van der Waals surface area contributed by atoms with Crippen LogP contribution in [0, 0.1) is 0 Å². The van der Waals surface area contributed by atoms with Crippen LogP contribution >= 0.6 is 0 Å². The SMILES string of the molecule is CC(C(=O)O)S(=O)(=O)N1CCCC1C(=O)N(C)C. The zero-order chi connectivity index (χ0) is 14.1. The van der Waals surface area contributed by atoms with Crippen molar-refractivity contribution >= 4 is 21.9 Å². The second kappa shape index (κ2) is 5.23. The first-order chi connectivity index (χ1) is 8.19. The van der Waals surface area contributed by atoms with E-state index in [0.29, 0.717) is 12.8 Å². The fourth-order valence-electron chi connectivity index (χ4n) is 1.92.